The number of carbonyl (C=O) groups excluding carboxylic acids is 1. The van der Waals surface area contributed by atoms with Gasteiger partial charge in [0.1, 0.15) is 0 Å². The Morgan fingerprint density at radius 1 is 1.41 bits per heavy atom. The van der Waals surface area contributed by atoms with Crippen LogP contribution in [0.5, 0.6) is 0 Å². The van der Waals surface area contributed by atoms with Crippen molar-refractivity contribution in [1.82, 2.24) is 5.32 Å². The highest BCUT2D eigenvalue weighted by molar-refractivity contribution is 5.79. The summed E-state index contributed by atoms with van der Waals surface area (Å²) in [4.78, 5) is 21.9. The van der Waals surface area contributed by atoms with E-state index in [0.29, 0.717) is 12.3 Å². The van der Waals surface area contributed by atoms with E-state index < -0.39 is 5.97 Å². The lowest BCUT2D eigenvalue weighted by Crippen LogP contribution is -2.40. The molecule has 0 saturated carbocycles. The Hall–Kier alpha value is -1.10. The maximum Gasteiger partial charge on any atom is 0.305 e. The number of rotatable bonds is 9. The molecule has 100 valence electrons. The molecular weight excluding hydrogens is 220 g/mol. The van der Waals surface area contributed by atoms with Crippen molar-refractivity contribution in [1.29, 1.82) is 0 Å². The van der Waals surface area contributed by atoms with Gasteiger partial charge in [-0.15, -0.1) is 0 Å². The van der Waals surface area contributed by atoms with E-state index in [4.69, 9.17) is 10.8 Å². The van der Waals surface area contributed by atoms with Crippen LogP contribution in [0.25, 0.3) is 0 Å². The van der Waals surface area contributed by atoms with Gasteiger partial charge in [0, 0.05) is 6.04 Å². The second kappa shape index (κ2) is 8.98. The van der Waals surface area contributed by atoms with Gasteiger partial charge >= 0.3 is 5.97 Å². The molecular formula is C12H24N2O3. The molecule has 0 aromatic heterocycles. The monoisotopic (exact) mass is 244 g/mol. The minimum Gasteiger partial charge on any atom is -0.481 e. The van der Waals surface area contributed by atoms with E-state index in [0.717, 1.165) is 19.3 Å². The number of carboxylic acid groups (broad SMARTS) is 1. The molecule has 0 spiro atoms. The number of nitrogens with one attached hydrogen (secondary N) is 1. The fourth-order valence-electron chi connectivity index (χ4n) is 1.85. The molecule has 0 rings (SSSR count). The Bertz CT molecular complexity index is 244. The standard InChI is InChI=1S/C12H24N2O3/c1-3-4-5-9(2)6-10(7-12(16)17)14-11(15)8-13/h9-10H,3-8,13H2,1-2H3,(H,14,15)(H,16,17). The molecule has 1 amide bonds. The van der Waals surface area contributed by atoms with Crippen LogP contribution in [0.1, 0.15) is 46.0 Å². The molecule has 2 atom stereocenters. The van der Waals surface area contributed by atoms with Gasteiger partial charge in [0.15, 0.2) is 0 Å². The first-order valence-electron chi connectivity index (χ1n) is 6.20. The molecule has 5 nitrogen and oxygen atoms in total. The van der Waals surface area contributed by atoms with Gasteiger partial charge in [-0.3, -0.25) is 9.59 Å². The molecule has 0 aliphatic carbocycles. The van der Waals surface area contributed by atoms with E-state index in [9.17, 15) is 9.59 Å². The van der Waals surface area contributed by atoms with Crippen LogP contribution in [0.15, 0.2) is 0 Å². The summed E-state index contributed by atoms with van der Waals surface area (Å²) in [5.74, 6) is -0.772. The van der Waals surface area contributed by atoms with Gasteiger partial charge in [0.25, 0.3) is 0 Å². The molecule has 0 aromatic rings. The zero-order valence-electron chi connectivity index (χ0n) is 10.7. The van der Waals surface area contributed by atoms with Crippen molar-refractivity contribution in [3.8, 4) is 0 Å². The van der Waals surface area contributed by atoms with Crippen molar-refractivity contribution in [3.05, 3.63) is 0 Å². The van der Waals surface area contributed by atoms with Crippen LogP contribution in [-0.4, -0.2) is 29.6 Å². The minimum atomic E-state index is -0.894. The zero-order chi connectivity index (χ0) is 13.3. The molecule has 0 bridgehead atoms. The SMILES string of the molecule is CCCCC(C)CC(CC(=O)O)NC(=O)CN. The number of hydrogen-bond acceptors (Lipinski definition) is 3. The topological polar surface area (TPSA) is 92.4 Å². The van der Waals surface area contributed by atoms with Gasteiger partial charge < -0.3 is 16.2 Å². The highest BCUT2D eigenvalue weighted by Crippen LogP contribution is 2.15. The van der Waals surface area contributed by atoms with Crippen LogP contribution in [-0.2, 0) is 9.59 Å². The summed E-state index contributed by atoms with van der Waals surface area (Å²) < 4.78 is 0. The van der Waals surface area contributed by atoms with Gasteiger partial charge in [-0.25, -0.2) is 0 Å². The Morgan fingerprint density at radius 3 is 2.53 bits per heavy atom. The molecule has 4 N–H and O–H groups in total. The van der Waals surface area contributed by atoms with Crippen LogP contribution in [0.4, 0.5) is 0 Å². The average molecular weight is 244 g/mol. The second-order valence-corrected chi connectivity index (χ2v) is 4.55. The molecule has 17 heavy (non-hydrogen) atoms. The predicted octanol–water partition coefficient (Wildman–Crippen LogP) is 1.12. The molecule has 0 heterocycles. The highest BCUT2D eigenvalue weighted by Gasteiger charge is 2.18. The second-order valence-electron chi connectivity index (χ2n) is 4.55. The van der Waals surface area contributed by atoms with Crippen molar-refractivity contribution >= 4 is 11.9 Å². The maximum atomic E-state index is 11.2. The lowest BCUT2D eigenvalue weighted by Gasteiger charge is -2.20. The fourth-order valence-corrected chi connectivity index (χ4v) is 1.85. The molecule has 0 saturated heterocycles. The van der Waals surface area contributed by atoms with Crippen LogP contribution in [0, 0.1) is 5.92 Å². The maximum absolute atomic E-state index is 11.2. The van der Waals surface area contributed by atoms with E-state index in [1.165, 1.54) is 0 Å². The van der Waals surface area contributed by atoms with E-state index in [2.05, 4.69) is 19.2 Å². The van der Waals surface area contributed by atoms with Crippen molar-refractivity contribution in [2.45, 2.75) is 52.0 Å². The number of nitrogens with two attached hydrogens (primary N) is 1. The van der Waals surface area contributed by atoms with E-state index in [1.54, 1.807) is 0 Å². The van der Waals surface area contributed by atoms with Gasteiger partial charge in [-0.2, -0.15) is 0 Å². The summed E-state index contributed by atoms with van der Waals surface area (Å²) in [5.41, 5.74) is 5.20. The number of carbonyl (C=O) groups is 2. The van der Waals surface area contributed by atoms with Crippen LogP contribution >= 0.6 is 0 Å². The van der Waals surface area contributed by atoms with Crippen molar-refractivity contribution in [2.24, 2.45) is 11.7 Å². The Morgan fingerprint density at radius 2 is 2.06 bits per heavy atom. The molecule has 5 heteroatoms. The van der Waals surface area contributed by atoms with Crippen LogP contribution in [0.3, 0.4) is 0 Å². The van der Waals surface area contributed by atoms with Crippen molar-refractivity contribution in [3.63, 3.8) is 0 Å². The van der Waals surface area contributed by atoms with Gasteiger partial charge in [0.2, 0.25) is 5.91 Å². The first-order valence-corrected chi connectivity index (χ1v) is 6.20. The summed E-state index contributed by atoms with van der Waals surface area (Å²) in [6, 6.07) is -0.310. The summed E-state index contributed by atoms with van der Waals surface area (Å²) in [6.45, 7) is 4.11. The zero-order valence-corrected chi connectivity index (χ0v) is 10.7. The summed E-state index contributed by atoms with van der Waals surface area (Å²) >= 11 is 0. The fraction of sp³-hybridized carbons (Fsp3) is 0.833. The smallest absolute Gasteiger partial charge is 0.305 e. The Labute approximate surface area is 103 Å². The third kappa shape index (κ3) is 8.68. The van der Waals surface area contributed by atoms with E-state index in [-0.39, 0.29) is 24.9 Å². The van der Waals surface area contributed by atoms with Crippen LogP contribution < -0.4 is 11.1 Å². The van der Waals surface area contributed by atoms with Crippen molar-refractivity contribution in [2.75, 3.05) is 6.54 Å². The molecule has 0 aliphatic rings. The largest absolute Gasteiger partial charge is 0.481 e. The third-order valence-electron chi connectivity index (χ3n) is 2.71. The summed E-state index contributed by atoms with van der Waals surface area (Å²) in [5, 5.41) is 11.4. The van der Waals surface area contributed by atoms with E-state index >= 15 is 0 Å². The van der Waals surface area contributed by atoms with Gasteiger partial charge in [-0.05, 0) is 12.3 Å². The molecule has 0 fully saturated rings. The number of hydrogen-bond donors (Lipinski definition) is 3. The predicted molar refractivity (Wildman–Crippen MR) is 66.5 cm³/mol. The molecule has 2 unspecified atom stereocenters. The lowest BCUT2D eigenvalue weighted by atomic mass is 9.94. The minimum absolute atomic E-state index is 0.0395. The normalized spacial score (nSPS) is 14.1. The lowest BCUT2D eigenvalue weighted by molar-refractivity contribution is -0.137. The Kier molecular flexibility index (Phi) is 8.40. The van der Waals surface area contributed by atoms with Crippen LogP contribution in [0.2, 0.25) is 0 Å². The first kappa shape index (κ1) is 15.9. The molecule has 0 aromatic carbocycles. The quantitative estimate of drug-likeness (QED) is 0.566. The number of carboxylic acids is 1. The third-order valence-corrected chi connectivity index (χ3v) is 2.71. The van der Waals surface area contributed by atoms with E-state index in [1.807, 2.05) is 0 Å². The first-order chi connectivity index (χ1) is 7.99. The molecule has 0 radical (unpaired) electrons. The number of unbranched alkanes of at least 4 members (excludes halogenated alkanes) is 1. The average Bonchev–Trinajstić information content (AvgIpc) is 2.25. The van der Waals surface area contributed by atoms with Gasteiger partial charge in [0.05, 0.1) is 13.0 Å². The highest BCUT2D eigenvalue weighted by atomic mass is 16.4. The molecule has 0 aliphatic heterocycles. The Balaban J connectivity index is 4.17. The summed E-state index contributed by atoms with van der Waals surface area (Å²) in [6.07, 6.45) is 3.97. The van der Waals surface area contributed by atoms with Gasteiger partial charge in [-0.1, -0.05) is 33.1 Å². The number of amides is 1. The number of aliphatic carboxylic acids is 1. The summed E-state index contributed by atoms with van der Waals surface area (Å²) in [7, 11) is 0. The van der Waals surface area contributed by atoms with Crippen molar-refractivity contribution < 1.29 is 14.7 Å².